The molecule has 1 aliphatic rings. The summed E-state index contributed by atoms with van der Waals surface area (Å²) in [6.45, 7) is 4.44. The number of carbonyl (C=O) groups excluding carboxylic acids is 1. The number of hydrogen-bond donors (Lipinski definition) is 0. The Morgan fingerprint density at radius 1 is 1.43 bits per heavy atom. The van der Waals surface area contributed by atoms with E-state index in [9.17, 15) is 4.79 Å². The molecule has 0 aromatic rings. The zero-order chi connectivity index (χ0) is 10.4. The Labute approximate surface area is 92.0 Å². The van der Waals surface area contributed by atoms with E-state index in [1.165, 1.54) is 25.0 Å². The molecular weight excluding hydrogens is 192 g/mol. The Balaban J connectivity index is 2.13. The van der Waals surface area contributed by atoms with Crippen molar-refractivity contribution in [3.63, 3.8) is 0 Å². The number of ketones is 1. The van der Waals surface area contributed by atoms with Gasteiger partial charge in [-0.3, -0.25) is 4.79 Å². The third-order valence-electron chi connectivity index (χ3n) is 2.74. The predicted molar refractivity (Wildman–Crippen MR) is 63.8 cm³/mol. The quantitative estimate of drug-likeness (QED) is 0.694. The highest BCUT2D eigenvalue weighted by molar-refractivity contribution is 8.00. The molecule has 1 rings (SSSR count). The minimum absolute atomic E-state index is 0.343. The van der Waals surface area contributed by atoms with Gasteiger partial charge in [0.1, 0.15) is 5.78 Å². The highest BCUT2D eigenvalue weighted by atomic mass is 32.2. The van der Waals surface area contributed by atoms with Crippen molar-refractivity contribution in [1.82, 2.24) is 0 Å². The van der Waals surface area contributed by atoms with Crippen LogP contribution in [-0.4, -0.2) is 16.8 Å². The summed E-state index contributed by atoms with van der Waals surface area (Å²) in [6, 6.07) is 0. The first-order chi connectivity index (χ1) is 6.70. The van der Waals surface area contributed by atoms with Crippen molar-refractivity contribution < 1.29 is 4.79 Å². The summed E-state index contributed by atoms with van der Waals surface area (Å²) in [5.74, 6) is 2.44. The standard InChI is InChI=1S/C12H22OS/c1-10(2)6-5-7-11(13)12-8-3-4-9-14-12/h10,12H,3-9H2,1-2H3. The smallest absolute Gasteiger partial charge is 0.145 e. The molecule has 1 atom stereocenters. The summed E-state index contributed by atoms with van der Waals surface area (Å²) in [5.41, 5.74) is 0. The van der Waals surface area contributed by atoms with Crippen molar-refractivity contribution in [1.29, 1.82) is 0 Å². The predicted octanol–water partition coefficient (Wildman–Crippen LogP) is 3.67. The average Bonchev–Trinajstić information content (AvgIpc) is 2.18. The maximum Gasteiger partial charge on any atom is 0.145 e. The molecule has 0 amide bonds. The van der Waals surface area contributed by atoms with Crippen molar-refractivity contribution in [3.8, 4) is 0 Å². The lowest BCUT2D eigenvalue weighted by molar-refractivity contribution is -0.118. The molecule has 1 unspecified atom stereocenters. The monoisotopic (exact) mass is 214 g/mol. The second-order valence-electron chi connectivity index (χ2n) is 4.61. The SMILES string of the molecule is CC(C)CCCC(=O)C1CCCCS1. The highest BCUT2D eigenvalue weighted by Gasteiger charge is 2.20. The van der Waals surface area contributed by atoms with Crippen LogP contribution in [0.1, 0.15) is 52.4 Å². The molecule has 0 bridgehead atoms. The fourth-order valence-electron chi connectivity index (χ4n) is 1.84. The third-order valence-corrected chi connectivity index (χ3v) is 4.17. The number of Topliss-reactive ketones (excluding diaryl/α,β-unsaturated/α-hetero) is 1. The van der Waals surface area contributed by atoms with Gasteiger partial charge in [0.25, 0.3) is 0 Å². The van der Waals surface area contributed by atoms with Crippen LogP contribution in [0, 0.1) is 5.92 Å². The van der Waals surface area contributed by atoms with Crippen LogP contribution in [0.4, 0.5) is 0 Å². The van der Waals surface area contributed by atoms with Gasteiger partial charge in [0.2, 0.25) is 0 Å². The van der Waals surface area contributed by atoms with E-state index in [1.807, 2.05) is 11.8 Å². The molecule has 14 heavy (non-hydrogen) atoms. The molecule has 0 saturated carbocycles. The van der Waals surface area contributed by atoms with E-state index in [2.05, 4.69) is 13.8 Å². The summed E-state index contributed by atoms with van der Waals surface area (Å²) >= 11 is 1.88. The molecule has 1 fully saturated rings. The largest absolute Gasteiger partial charge is 0.298 e. The van der Waals surface area contributed by atoms with Gasteiger partial charge < -0.3 is 0 Å². The molecule has 1 nitrogen and oxygen atoms in total. The zero-order valence-corrected chi connectivity index (χ0v) is 10.2. The molecule has 0 radical (unpaired) electrons. The Morgan fingerprint density at radius 3 is 2.79 bits per heavy atom. The minimum atomic E-state index is 0.343. The third kappa shape index (κ3) is 4.50. The van der Waals surface area contributed by atoms with Gasteiger partial charge in [-0.2, -0.15) is 11.8 Å². The molecule has 0 N–H and O–H groups in total. The maximum atomic E-state index is 11.8. The first-order valence-corrected chi connectivity index (χ1v) is 6.89. The Bertz CT molecular complexity index is 171. The summed E-state index contributed by atoms with van der Waals surface area (Å²) in [4.78, 5) is 11.8. The fraction of sp³-hybridized carbons (Fsp3) is 0.917. The lowest BCUT2D eigenvalue weighted by Crippen LogP contribution is -2.20. The van der Waals surface area contributed by atoms with E-state index < -0.39 is 0 Å². The zero-order valence-electron chi connectivity index (χ0n) is 9.42. The van der Waals surface area contributed by atoms with Crippen LogP contribution in [0.25, 0.3) is 0 Å². The number of rotatable bonds is 5. The molecule has 0 spiro atoms. The van der Waals surface area contributed by atoms with Crippen molar-refractivity contribution in [2.75, 3.05) is 5.75 Å². The Hall–Kier alpha value is 0.0200. The van der Waals surface area contributed by atoms with E-state index in [0.29, 0.717) is 11.0 Å². The van der Waals surface area contributed by atoms with Gasteiger partial charge in [0.15, 0.2) is 0 Å². The molecular formula is C12H22OS. The molecule has 82 valence electrons. The van der Waals surface area contributed by atoms with Gasteiger partial charge in [-0.05, 0) is 30.9 Å². The Morgan fingerprint density at radius 2 is 2.21 bits per heavy atom. The average molecular weight is 214 g/mol. The highest BCUT2D eigenvalue weighted by Crippen LogP contribution is 2.27. The second kappa shape index (κ2) is 6.49. The van der Waals surface area contributed by atoms with Crippen LogP contribution in [0.2, 0.25) is 0 Å². The van der Waals surface area contributed by atoms with Crippen LogP contribution in [0.3, 0.4) is 0 Å². The normalized spacial score (nSPS) is 22.6. The summed E-state index contributed by atoms with van der Waals surface area (Å²) in [5, 5.41) is 0.343. The van der Waals surface area contributed by atoms with Gasteiger partial charge in [-0.1, -0.05) is 26.7 Å². The molecule has 2 heteroatoms. The van der Waals surface area contributed by atoms with Crippen LogP contribution in [0.15, 0.2) is 0 Å². The molecule has 1 heterocycles. The number of carbonyl (C=O) groups is 1. The van der Waals surface area contributed by atoms with E-state index in [0.717, 1.165) is 25.2 Å². The lowest BCUT2D eigenvalue weighted by atomic mass is 10.0. The molecule has 1 aliphatic heterocycles. The topological polar surface area (TPSA) is 17.1 Å². The van der Waals surface area contributed by atoms with E-state index in [1.54, 1.807) is 0 Å². The van der Waals surface area contributed by atoms with Crippen LogP contribution >= 0.6 is 11.8 Å². The molecule has 0 aliphatic carbocycles. The van der Waals surface area contributed by atoms with Gasteiger partial charge in [-0.25, -0.2) is 0 Å². The summed E-state index contributed by atoms with van der Waals surface area (Å²) in [6.07, 6.45) is 6.80. The first-order valence-electron chi connectivity index (χ1n) is 5.84. The molecule has 0 aromatic carbocycles. The van der Waals surface area contributed by atoms with Gasteiger partial charge in [0, 0.05) is 6.42 Å². The number of hydrogen-bond acceptors (Lipinski definition) is 2. The maximum absolute atomic E-state index is 11.8. The van der Waals surface area contributed by atoms with Crippen molar-refractivity contribution >= 4 is 17.5 Å². The second-order valence-corrected chi connectivity index (χ2v) is 5.92. The van der Waals surface area contributed by atoms with Crippen molar-refractivity contribution in [2.45, 2.75) is 57.6 Å². The van der Waals surface area contributed by atoms with Crippen molar-refractivity contribution in [2.24, 2.45) is 5.92 Å². The van der Waals surface area contributed by atoms with E-state index in [-0.39, 0.29) is 0 Å². The summed E-state index contributed by atoms with van der Waals surface area (Å²) < 4.78 is 0. The van der Waals surface area contributed by atoms with Gasteiger partial charge in [-0.15, -0.1) is 0 Å². The summed E-state index contributed by atoms with van der Waals surface area (Å²) in [7, 11) is 0. The molecule has 1 saturated heterocycles. The minimum Gasteiger partial charge on any atom is -0.298 e. The van der Waals surface area contributed by atoms with Crippen LogP contribution in [0.5, 0.6) is 0 Å². The molecule has 0 aromatic heterocycles. The van der Waals surface area contributed by atoms with Gasteiger partial charge >= 0.3 is 0 Å². The Kier molecular flexibility index (Phi) is 5.61. The fourth-order valence-corrected chi connectivity index (χ4v) is 3.13. The van der Waals surface area contributed by atoms with Crippen LogP contribution < -0.4 is 0 Å². The van der Waals surface area contributed by atoms with E-state index in [4.69, 9.17) is 0 Å². The van der Waals surface area contributed by atoms with Crippen LogP contribution in [-0.2, 0) is 4.79 Å². The van der Waals surface area contributed by atoms with E-state index >= 15 is 0 Å². The lowest BCUT2D eigenvalue weighted by Gasteiger charge is -2.19. The van der Waals surface area contributed by atoms with Gasteiger partial charge in [0.05, 0.1) is 5.25 Å². The first kappa shape index (κ1) is 12.1. The van der Waals surface area contributed by atoms with Crippen molar-refractivity contribution in [3.05, 3.63) is 0 Å². The number of thioether (sulfide) groups is 1.